The molecule has 0 saturated carbocycles. The van der Waals surface area contributed by atoms with Crippen molar-refractivity contribution in [1.82, 2.24) is 19.9 Å². The topological polar surface area (TPSA) is 85.3 Å². The van der Waals surface area contributed by atoms with Crippen molar-refractivity contribution in [2.45, 2.75) is 32.4 Å². The van der Waals surface area contributed by atoms with Crippen LogP contribution in [0.25, 0.3) is 5.65 Å². The highest BCUT2D eigenvalue weighted by molar-refractivity contribution is 5.81. The van der Waals surface area contributed by atoms with Gasteiger partial charge in [0.2, 0.25) is 5.91 Å². The number of carbonyl (C=O) groups is 1. The lowest BCUT2D eigenvalue weighted by atomic mass is 10.2. The first-order chi connectivity index (χ1) is 8.72. The van der Waals surface area contributed by atoms with Gasteiger partial charge in [0, 0.05) is 6.20 Å². The Kier molecular flexibility index (Phi) is 3.88. The molecule has 1 amide bonds. The number of nitrogens with one attached hydrogen (secondary N) is 1. The molecule has 6 nitrogen and oxygen atoms in total. The Morgan fingerprint density at radius 3 is 3.11 bits per heavy atom. The quantitative estimate of drug-likeness (QED) is 0.804. The molecule has 0 aliphatic heterocycles. The van der Waals surface area contributed by atoms with Gasteiger partial charge in [0.15, 0.2) is 11.5 Å². The summed E-state index contributed by atoms with van der Waals surface area (Å²) in [6, 6.07) is 5.20. The Hall–Kier alpha value is -1.95. The van der Waals surface area contributed by atoms with E-state index in [0.29, 0.717) is 18.8 Å². The van der Waals surface area contributed by atoms with Gasteiger partial charge in [-0.05, 0) is 18.6 Å². The first kappa shape index (κ1) is 12.5. The maximum Gasteiger partial charge on any atom is 0.237 e. The van der Waals surface area contributed by atoms with Crippen LogP contribution in [0, 0.1) is 0 Å². The second-order valence-corrected chi connectivity index (χ2v) is 4.16. The Labute approximate surface area is 105 Å². The minimum atomic E-state index is -0.450. The second-order valence-electron chi connectivity index (χ2n) is 4.16. The van der Waals surface area contributed by atoms with Gasteiger partial charge in [-0.2, -0.15) is 0 Å². The van der Waals surface area contributed by atoms with E-state index in [4.69, 9.17) is 5.73 Å². The predicted octanol–water partition coefficient (Wildman–Crippen LogP) is 0.473. The zero-order valence-electron chi connectivity index (χ0n) is 10.3. The van der Waals surface area contributed by atoms with Crippen molar-refractivity contribution in [3.63, 3.8) is 0 Å². The molecule has 0 aromatic carbocycles. The molecule has 2 rings (SSSR count). The monoisotopic (exact) mass is 247 g/mol. The third-order valence-corrected chi connectivity index (χ3v) is 2.74. The Morgan fingerprint density at radius 2 is 2.33 bits per heavy atom. The molecule has 0 unspecified atom stereocenters. The third-order valence-electron chi connectivity index (χ3n) is 2.74. The number of amides is 1. The van der Waals surface area contributed by atoms with E-state index in [0.717, 1.165) is 12.1 Å². The fourth-order valence-corrected chi connectivity index (χ4v) is 1.75. The molecule has 0 spiro atoms. The molecule has 18 heavy (non-hydrogen) atoms. The lowest BCUT2D eigenvalue weighted by molar-refractivity contribution is -0.122. The van der Waals surface area contributed by atoms with E-state index < -0.39 is 6.04 Å². The molecule has 0 aliphatic carbocycles. The van der Waals surface area contributed by atoms with Gasteiger partial charge < -0.3 is 11.1 Å². The fourth-order valence-electron chi connectivity index (χ4n) is 1.75. The van der Waals surface area contributed by atoms with Crippen LogP contribution in [0.3, 0.4) is 0 Å². The summed E-state index contributed by atoms with van der Waals surface area (Å²) in [4.78, 5) is 11.7. The highest BCUT2D eigenvalue weighted by Gasteiger charge is 2.13. The van der Waals surface area contributed by atoms with Crippen molar-refractivity contribution in [3.8, 4) is 0 Å². The molecular formula is C12H17N5O. The van der Waals surface area contributed by atoms with Gasteiger partial charge in [0.05, 0.1) is 12.6 Å². The predicted molar refractivity (Wildman–Crippen MR) is 67.7 cm³/mol. The normalized spacial score (nSPS) is 12.6. The van der Waals surface area contributed by atoms with Crippen molar-refractivity contribution in [2.75, 3.05) is 0 Å². The van der Waals surface area contributed by atoms with Crippen LogP contribution in [0.1, 0.15) is 25.6 Å². The molecule has 0 radical (unpaired) electrons. The lowest BCUT2D eigenvalue weighted by Gasteiger charge is -2.10. The van der Waals surface area contributed by atoms with Crippen molar-refractivity contribution in [2.24, 2.45) is 5.73 Å². The number of hydrogen-bond acceptors (Lipinski definition) is 4. The molecule has 2 aromatic heterocycles. The Balaban J connectivity index is 2.00. The molecule has 2 aromatic rings. The number of nitrogens with two attached hydrogens (primary N) is 1. The Bertz CT molecular complexity index is 536. The summed E-state index contributed by atoms with van der Waals surface area (Å²) < 4.78 is 1.84. The number of pyridine rings is 1. The first-order valence-electron chi connectivity index (χ1n) is 6.04. The van der Waals surface area contributed by atoms with E-state index in [9.17, 15) is 4.79 Å². The van der Waals surface area contributed by atoms with Crippen LogP contribution in [0.2, 0.25) is 0 Å². The summed E-state index contributed by atoms with van der Waals surface area (Å²) in [5, 5.41) is 10.8. The summed E-state index contributed by atoms with van der Waals surface area (Å²) in [5.74, 6) is 0.548. The van der Waals surface area contributed by atoms with Crippen LogP contribution >= 0.6 is 0 Å². The third kappa shape index (κ3) is 2.65. The van der Waals surface area contributed by atoms with Crippen LogP contribution in [-0.4, -0.2) is 26.5 Å². The van der Waals surface area contributed by atoms with Crippen molar-refractivity contribution >= 4 is 11.6 Å². The van der Waals surface area contributed by atoms with Gasteiger partial charge in [-0.3, -0.25) is 9.20 Å². The van der Waals surface area contributed by atoms with Gasteiger partial charge >= 0.3 is 0 Å². The largest absolute Gasteiger partial charge is 0.347 e. The summed E-state index contributed by atoms with van der Waals surface area (Å²) in [6.07, 6.45) is 3.44. The smallest absolute Gasteiger partial charge is 0.237 e. The summed E-state index contributed by atoms with van der Waals surface area (Å²) in [7, 11) is 0. The van der Waals surface area contributed by atoms with E-state index in [2.05, 4.69) is 15.5 Å². The van der Waals surface area contributed by atoms with Gasteiger partial charge in [0.1, 0.15) is 0 Å². The maximum atomic E-state index is 11.7. The molecular weight excluding hydrogens is 230 g/mol. The molecule has 1 atom stereocenters. The number of fused-ring (bicyclic) bond motifs is 1. The number of nitrogens with zero attached hydrogens (tertiary/aromatic N) is 3. The average Bonchev–Trinajstić information content (AvgIpc) is 2.79. The van der Waals surface area contributed by atoms with Crippen LogP contribution in [0.5, 0.6) is 0 Å². The van der Waals surface area contributed by atoms with E-state index in [1.54, 1.807) is 0 Å². The SMILES string of the molecule is CCC[C@H](N)C(=O)NCc1nnc2ccccn12. The van der Waals surface area contributed by atoms with Crippen LogP contribution in [0.4, 0.5) is 0 Å². The standard InChI is InChI=1S/C12H17N5O/c1-2-5-9(13)12(18)14-8-11-16-15-10-6-3-4-7-17(10)11/h3-4,6-7,9H,2,5,8,13H2,1H3,(H,14,18)/t9-/m0/s1. The molecule has 0 saturated heterocycles. The highest BCUT2D eigenvalue weighted by Crippen LogP contribution is 2.02. The van der Waals surface area contributed by atoms with Crippen LogP contribution in [0.15, 0.2) is 24.4 Å². The Morgan fingerprint density at radius 1 is 1.50 bits per heavy atom. The second kappa shape index (κ2) is 5.59. The molecule has 96 valence electrons. The van der Waals surface area contributed by atoms with E-state index in [1.807, 2.05) is 35.7 Å². The lowest BCUT2D eigenvalue weighted by Crippen LogP contribution is -2.40. The number of aromatic nitrogens is 3. The first-order valence-corrected chi connectivity index (χ1v) is 6.04. The van der Waals surface area contributed by atoms with Gasteiger partial charge in [0.25, 0.3) is 0 Å². The molecule has 0 aliphatic rings. The molecule has 2 heterocycles. The number of carbonyl (C=O) groups excluding carboxylic acids is 1. The average molecular weight is 247 g/mol. The van der Waals surface area contributed by atoms with Crippen molar-refractivity contribution in [1.29, 1.82) is 0 Å². The van der Waals surface area contributed by atoms with E-state index in [1.165, 1.54) is 0 Å². The zero-order valence-corrected chi connectivity index (χ0v) is 10.3. The fraction of sp³-hybridized carbons (Fsp3) is 0.417. The molecule has 0 bridgehead atoms. The molecule has 3 N–H and O–H groups in total. The minimum Gasteiger partial charge on any atom is -0.347 e. The molecule has 6 heteroatoms. The molecule has 0 fully saturated rings. The summed E-state index contributed by atoms with van der Waals surface area (Å²) >= 11 is 0. The maximum absolute atomic E-state index is 11.7. The van der Waals surface area contributed by atoms with Gasteiger partial charge in [-0.25, -0.2) is 0 Å². The van der Waals surface area contributed by atoms with E-state index in [-0.39, 0.29) is 5.91 Å². The van der Waals surface area contributed by atoms with Crippen LogP contribution < -0.4 is 11.1 Å². The zero-order chi connectivity index (χ0) is 13.0. The number of hydrogen-bond donors (Lipinski definition) is 2. The van der Waals surface area contributed by atoms with Gasteiger partial charge in [-0.1, -0.05) is 19.4 Å². The summed E-state index contributed by atoms with van der Waals surface area (Å²) in [6.45, 7) is 2.33. The number of rotatable bonds is 5. The van der Waals surface area contributed by atoms with Crippen LogP contribution in [-0.2, 0) is 11.3 Å². The van der Waals surface area contributed by atoms with Crippen molar-refractivity contribution in [3.05, 3.63) is 30.2 Å². The van der Waals surface area contributed by atoms with Gasteiger partial charge in [-0.15, -0.1) is 10.2 Å². The minimum absolute atomic E-state index is 0.149. The van der Waals surface area contributed by atoms with Crippen molar-refractivity contribution < 1.29 is 4.79 Å². The van der Waals surface area contributed by atoms with E-state index >= 15 is 0 Å². The highest BCUT2D eigenvalue weighted by atomic mass is 16.2. The summed E-state index contributed by atoms with van der Waals surface area (Å²) in [5.41, 5.74) is 6.49.